The van der Waals surface area contributed by atoms with Gasteiger partial charge in [0.25, 0.3) is 0 Å². The Morgan fingerprint density at radius 3 is 2.77 bits per heavy atom. The van der Waals surface area contributed by atoms with Crippen LogP contribution in [0.2, 0.25) is 0 Å². The van der Waals surface area contributed by atoms with Gasteiger partial charge in [0.15, 0.2) is 0 Å². The van der Waals surface area contributed by atoms with Gasteiger partial charge in [0.05, 0.1) is 46.6 Å². The molecule has 3 aromatic heterocycles. The van der Waals surface area contributed by atoms with Gasteiger partial charge in [-0.2, -0.15) is 5.26 Å². The van der Waals surface area contributed by atoms with E-state index in [1.54, 1.807) is 12.3 Å². The average Bonchev–Trinajstić information content (AvgIpc) is 3.31. The van der Waals surface area contributed by atoms with E-state index in [1.165, 1.54) is 0 Å². The first-order valence-electron chi connectivity index (χ1n) is 10.3. The van der Waals surface area contributed by atoms with E-state index in [1.807, 2.05) is 32.0 Å². The molecule has 7 nitrogen and oxygen atoms in total. The van der Waals surface area contributed by atoms with Crippen LogP contribution in [0.1, 0.15) is 61.5 Å². The molecule has 0 spiro atoms. The number of rotatable bonds is 3. The summed E-state index contributed by atoms with van der Waals surface area (Å²) < 4.78 is 7.55. The number of imidazole rings is 1. The van der Waals surface area contributed by atoms with Gasteiger partial charge in [0, 0.05) is 17.5 Å². The van der Waals surface area contributed by atoms with E-state index in [0.717, 1.165) is 64.9 Å². The summed E-state index contributed by atoms with van der Waals surface area (Å²) >= 11 is 0. The van der Waals surface area contributed by atoms with E-state index in [9.17, 15) is 10.4 Å². The number of pyridine rings is 1. The summed E-state index contributed by atoms with van der Waals surface area (Å²) in [6.45, 7) is 3.79. The van der Waals surface area contributed by atoms with Crippen LogP contribution in [-0.2, 0) is 6.42 Å². The Balaban J connectivity index is 1.72. The molecule has 1 aromatic carbocycles. The van der Waals surface area contributed by atoms with Crippen molar-refractivity contribution in [1.82, 2.24) is 19.7 Å². The highest BCUT2D eigenvalue weighted by Gasteiger charge is 2.32. The van der Waals surface area contributed by atoms with E-state index >= 15 is 0 Å². The number of aromatic nitrogens is 4. The fourth-order valence-corrected chi connectivity index (χ4v) is 4.56. The average molecular weight is 401 g/mol. The maximum absolute atomic E-state index is 10.5. The Bertz CT molecular complexity index is 1280. The van der Waals surface area contributed by atoms with Crippen molar-refractivity contribution in [1.29, 1.82) is 5.26 Å². The third-order valence-electron chi connectivity index (χ3n) is 6.13. The van der Waals surface area contributed by atoms with E-state index in [4.69, 9.17) is 9.51 Å². The van der Waals surface area contributed by atoms with Gasteiger partial charge in [-0.3, -0.25) is 4.98 Å². The summed E-state index contributed by atoms with van der Waals surface area (Å²) in [4.78, 5) is 9.47. The first-order valence-corrected chi connectivity index (χ1v) is 10.3. The molecule has 1 fully saturated rings. The summed E-state index contributed by atoms with van der Waals surface area (Å²) in [7, 11) is 0. The molecule has 3 heterocycles. The molecule has 0 atom stereocenters. The number of aryl methyl sites for hydroxylation is 1. The van der Waals surface area contributed by atoms with Gasteiger partial charge in [0.1, 0.15) is 17.1 Å². The highest BCUT2D eigenvalue weighted by molar-refractivity contribution is 6.02. The lowest BCUT2D eigenvalue weighted by Crippen LogP contribution is -2.31. The van der Waals surface area contributed by atoms with Gasteiger partial charge >= 0.3 is 0 Å². The van der Waals surface area contributed by atoms with Crippen LogP contribution in [0.3, 0.4) is 0 Å². The molecule has 0 aliphatic heterocycles. The third-order valence-corrected chi connectivity index (χ3v) is 6.13. The van der Waals surface area contributed by atoms with Crippen molar-refractivity contribution < 1.29 is 9.63 Å². The summed E-state index contributed by atoms with van der Waals surface area (Å²) in [6.07, 6.45) is 5.57. The van der Waals surface area contributed by atoms with Crippen LogP contribution in [0, 0.1) is 18.3 Å². The number of benzene rings is 1. The maximum atomic E-state index is 10.5. The number of hydrogen-bond acceptors (Lipinski definition) is 6. The minimum Gasteiger partial charge on any atom is -0.390 e. The van der Waals surface area contributed by atoms with Crippen LogP contribution in [-0.4, -0.2) is 30.4 Å². The van der Waals surface area contributed by atoms with Crippen LogP contribution in [0.5, 0.6) is 0 Å². The SMILES string of the molecule is Cc1cc(Cc2nc3cnc4ccc(C#N)cc4c3n2C2CCC(C)(O)CC2)no1. The summed E-state index contributed by atoms with van der Waals surface area (Å²) in [5, 5.41) is 24.9. The molecule has 1 N–H and O–H groups in total. The Labute approximate surface area is 174 Å². The predicted molar refractivity (Wildman–Crippen MR) is 112 cm³/mol. The Morgan fingerprint density at radius 1 is 1.27 bits per heavy atom. The van der Waals surface area contributed by atoms with E-state index in [2.05, 4.69) is 20.8 Å². The van der Waals surface area contributed by atoms with Gasteiger partial charge in [-0.15, -0.1) is 0 Å². The summed E-state index contributed by atoms with van der Waals surface area (Å²) in [5.74, 6) is 1.67. The minimum atomic E-state index is -0.617. The van der Waals surface area contributed by atoms with Crippen molar-refractivity contribution in [2.45, 2.75) is 57.6 Å². The minimum absolute atomic E-state index is 0.217. The lowest BCUT2D eigenvalue weighted by atomic mass is 9.83. The second-order valence-corrected chi connectivity index (χ2v) is 8.57. The van der Waals surface area contributed by atoms with Gasteiger partial charge in [-0.25, -0.2) is 4.98 Å². The molecule has 30 heavy (non-hydrogen) atoms. The van der Waals surface area contributed by atoms with Crippen LogP contribution >= 0.6 is 0 Å². The van der Waals surface area contributed by atoms with Crippen LogP contribution in [0.25, 0.3) is 21.9 Å². The van der Waals surface area contributed by atoms with Crippen molar-refractivity contribution in [3.05, 3.63) is 53.3 Å². The van der Waals surface area contributed by atoms with E-state index in [-0.39, 0.29) is 6.04 Å². The molecule has 1 saturated carbocycles. The Morgan fingerprint density at radius 2 is 2.07 bits per heavy atom. The molecule has 0 saturated heterocycles. The maximum Gasteiger partial charge on any atom is 0.133 e. The molecule has 0 amide bonds. The quantitative estimate of drug-likeness (QED) is 0.552. The van der Waals surface area contributed by atoms with Crippen molar-refractivity contribution in [2.24, 2.45) is 0 Å². The molecular formula is C23H23N5O2. The van der Waals surface area contributed by atoms with Gasteiger partial charge < -0.3 is 14.2 Å². The molecule has 7 heteroatoms. The van der Waals surface area contributed by atoms with E-state index < -0.39 is 5.60 Å². The molecule has 1 aliphatic carbocycles. The fraction of sp³-hybridized carbons (Fsp3) is 0.391. The van der Waals surface area contributed by atoms with E-state index in [0.29, 0.717) is 12.0 Å². The number of aliphatic hydroxyl groups is 1. The van der Waals surface area contributed by atoms with Gasteiger partial charge in [-0.05, 0) is 57.7 Å². The topological polar surface area (TPSA) is 101 Å². The summed E-state index contributed by atoms with van der Waals surface area (Å²) in [6, 6.07) is 9.95. The zero-order valence-electron chi connectivity index (χ0n) is 17.1. The van der Waals surface area contributed by atoms with Gasteiger partial charge in [-0.1, -0.05) is 5.16 Å². The van der Waals surface area contributed by atoms with Crippen molar-refractivity contribution in [2.75, 3.05) is 0 Å². The fourth-order valence-electron chi connectivity index (χ4n) is 4.56. The highest BCUT2D eigenvalue weighted by Crippen LogP contribution is 2.39. The zero-order valence-corrected chi connectivity index (χ0v) is 17.1. The first kappa shape index (κ1) is 18.8. The molecule has 5 rings (SSSR count). The number of nitriles is 1. The van der Waals surface area contributed by atoms with Crippen LogP contribution < -0.4 is 0 Å². The lowest BCUT2D eigenvalue weighted by Gasteiger charge is -2.34. The molecule has 152 valence electrons. The van der Waals surface area contributed by atoms with Crippen LogP contribution in [0.4, 0.5) is 0 Å². The second-order valence-electron chi connectivity index (χ2n) is 8.57. The summed E-state index contributed by atoms with van der Waals surface area (Å²) in [5.41, 5.74) is 3.47. The Hall–Kier alpha value is -3.24. The molecule has 0 unspecified atom stereocenters. The highest BCUT2D eigenvalue weighted by atomic mass is 16.5. The monoisotopic (exact) mass is 401 g/mol. The van der Waals surface area contributed by atoms with Crippen molar-refractivity contribution in [3.63, 3.8) is 0 Å². The normalized spacial score (nSPS) is 21.9. The standard InChI is InChI=1S/C23H23N5O2/c1-14-9-16(27-30-14)11-21-26-20-13-25-19-4-3-15(12-24)10-18(19)22(20)28(21)17-5-7-23(2,29)8-6-17/h3-4,9-10,13,17,29H,5-8,11H2,1-2H3. The zero-order chi connectivity index (χ0) is 20.9. The second kappa shape index (κ2) is 6.92. The van der Waals surface area contributed by atoms with Gasteiger partial charge in [0.2, 0.25) is 0 Å². The predicted octanol–water partition coefficient (Wildman–Crippen LogP) is 4.21. The molecule has 0 radical (unpaired) electrons. The smallest absolute Gasteiger partial charge is 0.133 e. The van der Waals surface area contributed by atoms with Crippen LogP contribution in [0.15, 0.2) is 35.0 Å². The molecule has 1 aliphatic rings. The Kier molecular flexibility index (Phi) is 4.33. The number of hydrogen-bond donors (Lipinski definition) is 1. The molecule has 0 bridgehead atoms. The first-order chi connectivity index (χ1) is 14.4. The lowest BCUT2D eigenvalue weighted by molar-refractivity contribution is 0.0101. The largest absolute Gasteiger partial charge is 0.390 e. The molecule has 4 aromatic rings. The third kappa shape index (κ3) is 3.23. The van der Waals surface area contributed by atoms with Crippen molar-refractivity contribution >= 4 is 21.9 Å². The molecular weight excluding hydrogens is 378 g/mol. The number of fused-ring (bicyclic) bond motifs is 3. The number of nitrogens with zero attached hydrogens (tertiary/aromatic N) is 5. The van der Waals surface area contributed by atoms with Crippen molar-refractivity contribution in [3.8, 4) is 6.07 Å².